The van der Waals surface area contributed by atoms with Crippen LogP contribution in [0.15, 0.2) is 30.6 Å². The number of rotatable bonds is 4. The van der Waals surface area contributed by atoms with Crippen molar-refractivity contribution in [1.82, 2.24) is 14.8 Å². The Morgan fingerprint density at radius 1 is 1.42 bits per heavy atom. The summed E-state index contributed by atoms with van der Waals surface area (Å²) in [6.07, 6.45) is 4.37. The van der Waals surface area contributed by atoms with E-state index < -0.39 is 0 Å². The number of nitrogens with one attached hydrogen (secondary N) is 1. The molecule has 19 heavy (non-hydrogen) atoms. The van der Waals surface area contributed by atoms with Gasteiger partial charge in [-0.3, -0.25) is 9.48 Å². The minimum atomic E-state index is -0.200. The van der Waals surface area contributed by atoms with Gasteiger partial charge in [0.05, 0.1) is 0 Å². The van der Waals surface area contributed by atoms with Gasteiger partial charge in [-0.25, -0.2) is 4.98 Å². The van der Waals surface area contributed by atoms with Gasteiger partial charge in [-0.15, -0.1) is 0 Å². The molecule has 0 saturated heterocycles. The molecule has 1 amide bonds. The number of pyridine rings is 1. The summed E-state index contributed by atoms with van der Waals surface area (Å²) in [5.41, 5.74) is 1.69. The molecule has 5 nitrogen and oxygen atoms in total. The molecule has 0 bridgehead atoms. The number of hydrogen-bond donors (Lipinski definition) is 1. The van der Waals surface area contributed by atoms with Crippen molar-refractivity contribution in [1.29, 1.82) is 0 Å². The molecule has 1 N–H and O–H groups in total. The second kappa shape index (κ2) is 5.65. The van der Waals surface area contributed by atoms with Gasteiger partial charge in [0.2, 0.25) is 0 Å². The van der Waals surface area contributed by atoms with Crippen LogP contribution in [0, 0.1) is 0 Å². The van der Waals surface area contributed by atoms with Crippen LogP contribution in [0.25, 0.3) is 0 Å². The third kappa shape index (κ3) is 2.99. The maximum absolute atomic E-state index is 12.0. The van der Waals surface area contributed by atoms with Crippen molar-refractivity contribution >= 4 is 11.7 Å². The molecule has 0 fully saturated rings. The minimum Gasteiger partial charge on any atom is -0.305 e. The fraction of sp³-hybridized carbons (Fsp3) is 0.357. The van der Waals surface area contributed by atoms with Crippen LogP contribution in [0.3, 0.4) is 0 Å². The molecular formula is C14H18N4O. The number of carbonyl (C=O) groups is 1. The highest BCUT2D eigenvalue weighted by atomic mass is 16.2. The van der Waals surface area contributed by atoms with Gasteiger partial charge in [0, 0.05) is 19.4 Å². The lowest BCUT2D eigenvalue weighted by molar-refractivity contribution is 0.101. The molecule has 0 radical (unpaired) electrons. The summed E-state index contributed by atoms with van der Waals surface area (Å²) in [6.45, 7) is 4.29. The van der Waals surface area contributed by atoms with E-state index >= 15 is 0 Å². The molecule has 2 rings (SSSR count). The Morgan fingerprint density at radius 3 is 2.84 bits per heavy atom. The van der Waals surface area contributed by atoms with Gasteiger partial charge < -0.3 is 5.32 Å². The standard InChI is InChI=1S/C14H18N4O/c1-4-10(2)11-5-7-15-13(9-11)17-14(19)12-6-8-16-18(12)3/h5-10H,4H2,1-3H3,(H,15,17,19). The highest BCUT2D eigenvalue weighted by Crippen LogP contribution is 2.20. The van der Waals surface area contributed by atoms with Gasteiger partial charge in [-0.05, 0) is 36.1 Å². The van der Waals surface area contributed by atoms with E-state index in [1.165, 1.54) is 10.2 Å². The third-order valence-electron chi connectivity index (χ3n) is 3.26. The predicted octanol–water partition coefficient (Wildman–Crippen LogP) is 2.58. The molecule has 2 aromatic rings. The molecule has 2 aromatic heterocycles. The van der Waals surface area contributed by atoms with Crippen LogP contribution in [0.2, 0.25) is 0 Å². The van der Waals surface area contributed by atoms with E-state index in [1.54, 1.807) is 25.5 Å². The van der Waals surface area contributed by atoms with E-state index in [0.717, 1.165) is 6.42 Å². The maximum atomic E-state index is 12.0. The molecule has 1 unspecified atom stereocenters. The van der Waals surface area contributed by atoms with Gasteiger partial charge >= 0.3 is 0 Å². The fourth-order valence-electron chi connectivity index (χ4n) is 1.83. The van der Waals surface area contributed by atoms with Gasteiger partial charge in [-0.1, -0.05) is 13.8 Å². The normalized spacial score (nSPS) is 12.2. The summed E-state index contributed by atoms with van der Waals surface area (Å²) in [6, 6.07) is 5.57. The SMILES string of the molecule is CCC(C)c1ccnc(NC(=O)c2ccnn2C)c1. The van der Waals surface area contributed by atoms with Crippen LogP contribution in [-0.4, -0.2) is 20.7 Å². The average molecular weight is 258 g/mol. The lowest BCUT2D eigenvalue weighted by atomic mass is 10.00. The number of anilines is 1. The first kappa shape index (κ1) is 13.3. The summed E-state index contributed by atoms with van der Waals surface area (Å²) in [5.74, 6) is 0.827. The number of carbonyl (C=O) groups excluding carboxylic acids is 1. The zero-order chi connectivity index (χ0) is 13.8. The second-order valence-electron chi connectivity index (χ2n) is 4.58. The molecule has 0 aliphatic carbocycles. The van der Waals surface area contributed by atoms with Gasteiger partial charge in [0.1, 0.15) is 11.5 Å². The Morgan fingerprint density at radius 2 is 2.21 bits per heavy atom. The van der Waals surface area contributed by atoms with Crippen LogP contribution in [0.1, 0.15) is 42.2 Å². The number of amides is 1. The Bertz CT molecular complexity index is 576. The minimum absolute atomic E-state index is 0.200. The first-order valence-corrected chi connectivity index (χ1v) is 6.37. The number of aromatic nitrogens is 3. The predicted molar refractivity (Wildman–Crippen MR) is 74.1 cm³/mol. The molecule has 0 aliphatic heterocycles. The molecular weight excluding hydrogens is 240 g/mol. The van der Waals surface area contributed by atoms with Crippen molar-refractivity contribution in [2.45, 2.75) is 26.2 Å². The van der Waals surface area contributed by atoms with E-state index in [-0.39, 0.29) is 5.91 Å². The summed E-state index contributed by atoms with van der Waals surface area (Å²) >= 11 is 0. The Kier molecular flexibility index (Phi) is 3.94. The van der Waals surface area contributed by atoms with E-state index in [1.807, 2.05) is 12.1 Å². The molecule has 0 spiro atoms. The van der Waals surface area contributed by atoms with Crippen LogP contribution in [-0.2, 0) is 7.05 Å². The molecule has 1 atom stereocenters. The van der Waals surface area contributed by atoms with Crippen molar-refractivity contribution in [3.8, 4) is 0 Å². The fourth-order valence-corrected chi connectivity index (χ4v) is 1.83. The largest absolute Gasteiger partial charge is 0.305 e. The first-order valence-electron chi connectivity index (χ1n) is 6.37. The molecule has 0 aliphatic rings. The van der Waals surface area contributed by atoms with Gasteiger partial charge in [0.15, 0.2) is 0 Å². The van der Waals surface area contributed by atoms with Crippen LogP contribution < -0.4 is 5.32 Å². The van der Waals surface area contributed by atoms with Crippen LogP contribution in [0.5, 0.6) is 0 Å². The van der Waals surface area contributed by atoms with Crippen molar-refractivity contribution in [2.75, 3.05) is 5.32 Å². The van der Waals surface area contributed by atoms with E-state index in [9.17, 15) is 4.79 Å². The lowest BCUT2D eigenvalue weighted by Crippen LogP contribution is -2.17. The molecule has 5 heteroatoms. The van der Waals surface area contributed by atoms with Crippen molar-refractivity contribution in [3.63, 3.8) is 0 Å². The van der Waals surface area contributed by atoms with E-state index in [2.05, 4.69) is 29.2 Å². The number of nitrogens with zero attached hydrogens (tertiary/aromatic N) is 3. The Balaban J connectivity index is 2.15. The van der Waals surface area contributed by atoms with E-state index in [0.29, 0.717) is 17.4 Å². The second-order valence-corrected chi connectivity index (χ2v) is 4.58. The molecule has 0 aromatic carbocycles. The maximum Gasteiger partial charge on any atom is 0.275 e. The zero-order valence-electron chi connectivity index (χ0n) is 11.4. The van der Waals surface area contributed by atoms with Gasteiger partial charge in [-0.2, -0.15) is 5.10 Å². The van der Waals surface area contributed by atoms with Crippen molar-refractivity contribution in [3.05, 3.63) is 41.9 Å². The summed E-state index contributed by atoms with van der Waals surface area (Å²) in [7, 11) is 1.73. The Hall–Kier alpha value is -2.17. The smallest absolute Gasteiger partial charge is 0.275 e. The van der Waals surface area contributed by atoms with Crippen LogP contribution >= 0.6 is 0 Å². The van der Waals surface area contributed by atoms with Crippen molar-refractivity contribution < 1.29 is 4.79 Å². The monoisotopic (exact) mass is 258 g/mol. The summed E-state index contributed by atoms with van der Waals surface area (Å²) < 4.78 is 1.54. The number of hydrogen-bond acceptors (Lipinski definition) is 3. The highest BCUT2D eigenvalue weighted by molar-refractivity contribution is 6.02. The first-order chi connectivity index (χ1) is 9.11. The Labute approximate surface area is 112 Å². The lowest BCUT2D eigenvalue weighted by Gasteiger charge is -2.10. The number of aryl methyl sites for hydroxylation is 1. The summed E-state index contributed by atoms with van der Waals surface area (Å²) in [5, 5.41) is 6.77. The van der Waals surface area contributed by atoms with E-state index in [4.69, 9.17) is 0 Å². The van der Waals surface area contributed by atoms with Crippen LogP contribution in [0.4, 0.5) is 5.82 Å². The molecule has 100 valence electrons. The van der Waals surface area contributed by atoms with Gasteiger partial charge in [0.25, 0.3) is 5.91 Å². The molecule has 2 heterocycles. The summed E-state index contributed by atoms with van der Waals surface area (Å²) in [4.78, 5) is 16.2. The zero-order valence-corrected chi connectivity index (χ0v) is 11.4. The van der Waals surface area contributed by atoms with Crippen molar-refractivity contribution in [2.24, 2.45) is 7.05 Å². The quantitative estimate of drug-likeness (QED) is 0.917. The molecule has 0 saturated carbocycles. The third-order valence-corrected chi connectivity index (χ3v) is 3.26. The average Bonchev–Trinajstić information content (AvgIpc) is 2.84. The highest BCUT2D eigenvalue weighted by Gasteiger charge is 2.11. The topological polar surface area (TPSA) is 59.8 Å².